The quantitative estimate of drug-likeness (QED) is 0.814. The standard InChI is InChI=1S/C14H18N2O/c1-9-14-12(6-7-15-9)11-5-4-10(17-3)8-13(11)16(14)2/h4-5,8-9,15H,6-7H2,1-3H3. The Hall–Kier alpha value is -1.48. The highest BCUT2D eigenvalue weighted by Gasteiger charge is 2.23. The van der Waals surface area contributed by atoms with Gasteiger partial charge in [0, 0.05) is 30.2 Å². The zero-order valence-corrected chi connectivity index (χ0v) is 10.6. The second-order valence-corrected chi connectivity index (χ2v) is 4.73. The van der Waals surface area contributed by atoms with Crippen molar-refractivity contribution in [1.29, 1.82) is 0 Å². The van der Waals surface area contributed by atoms with Crippen LogP contribution in [0.15, 0.2) is 18.2 Å². The lowest BCUT2D eigenvalue weighted by Gasteiger charge is -2.22. The maximum atomic E-state index is 5.31. The summed E-state index contributed by atoms with van der Waals surface area (Å²) in [4.78, 5) is 0. The zero-order chi connectivity index (χ0) is 12.0. The van der Waals surface area contributed by atoms with E-state index in [1.54, 1.807) is 7.11 Å². The van der Waals surface area contributed by atoms with Crippen LogP contribution in [0.25, 0.3) is 10.9 Å². The Kier molecular flexibility index (Phi) is 2.37. The van der Waals surface area contributed by atoms with Crippen LogP contribution in [0, 0.1) is 0 Å². The lowest BCUT2D eigenvalue weighted by atomic mass is 10.0. The number of nitrogens with one attached hydrogen (secondary N) is 1. The molecule has 0 spiro atoms. The van der Waals surface area contributed by atoms with Gasteiger partial charge in [-0.1, -0.05) is 0 Å². The van der Waals surface area contributed by atoms with Gasteiger partial charge in [-0.2, -0.15) is 0 Å². The predicted octanol–water partition coefficient (Wildman–Crippen LogP) is 2.39. The molecule has 3 nitrogen and oxygen atoms in total. The van der Waals surface area contributed by atoms with Crippen LogP contribution in [-0.4, -0.2) is 18.2 Å². The molecule has 3 rings (SSSR count). The summed E-state index contributed by atoms with van der Waals surface area (Å²) >= 11 is 0. The Bertz CT molecular complexity index is 571. The first-order valence-electron chi connectivity index (χ1n) is 6.11. The van der Waals surface area contributed by atoms with E-state index < -0.39 is 0 Å². The van der Waals surface area contributed by atoms with Gasteiger partial charge in [-0.05, 0) is 37.6 Å². The normalized spacial score (nSPS) is 19.4. The number of hydrogen-bond acceptors (Lipinski definition) is 2. The van der Waals surface area contributed by atoms with Gasteiger partial charge in [-0.15, -0.1) is 0 Å². The van der Waals surface area contributed by atoms with E-state index in [-0.39, 0.29) is 0 Å². The highest BCUT2D eigenvalue weighted by Crippen LogP contribution is 2.33. The largest absolute Gasteiger partial charge is 0.497 e. The smallest absolute Gasteiger partial charge is 0.120 e. The van der Waals surface area contributed by atoms with E-state index >= 15 is 0 Å². The third-order valence-corrected chi connectivity index (χ3v) is 3.80. The van der Waals surface area contributed by atoms with Crippen molar-refractivity contribution < 1.29 is 4.74 Å². The average Bonchev–Trinajstić information content (AvgIpc) is 2.64. The number of hydrogen-bond donors (Lipinski definition) is 1. The van der Waals surface area contributed by atoms with E-state index in [2.05, 4.69) is 42.1 Å². The molecule has 1 aliphatic rings. The van der Waals surface area contributed by atoms with Crippen molar-refractivity contribution in [2.24, 2.45) is 7.05 Å². The summed E-state index contributed by atoms with van der Waals surface area (Å²) in [6, 6.07) is 6.79. The van der Waals surface area contributed by atoms with Crippen LogP contribution in [0.2, 0.25) is 0 Å². The highest BCUT2D eigenvalue weighted by atomic mass is 16.5. The lowest BCUT2D eigenvalue weighted by molar-refractivity contribution is 0.415. The van der Waals surface area contributed by atoms with Crippen molar-refractivity contribution in [3.63, 3.8) is 0 Å². The van der Waals surface area contributed by atoms with Crippen LogP contribution < -0.4 is 10.1 Å². The summed E-state index contributed by atoms with van der Waals surface area (Å²) < 4.78 is 7.60. The fourth-order valence-corrected chi connectivity index (χ4v) is 2.97. The molecule has 1 atom stereocenters. The molecule has 17 heavy (non-hydrogen) atoms. The number of ether oxygens (including phenoxy) is 1. The van der Waals surface area contributed by atoms with Crippen LogP contribution in [0.4, 0.5) is 0 Å². The van der Waals surface area contributed by atoms with Gasteiger partial charge in [0.2, 0.25) is 0 Å². The second kappa shape index (κ2) is 3.77. The fraction of sp³-hybridized carbons (Fsp3) is 0.429. The number of rotatable bonds is 1. The molecule has 0 amide bonds. The Balaban J connectivity index is 2.32. The van der Waals surface area contributed by atoms with Crippen LogP contribution in [0.3, 0.4) is 0 Å². The first-order valence-corrected chi connectivity index (χ1v) is 6.11. The minimum Gasteiger partial charge on any atom is -0.497 e. The van der Waals surface area contributed by atoms with Crippen molar-refractivity contribution in [2.45, 2.75) is 19.4 Å². The van der Waals surface area contributed by atoms with E-state index in [9.17, 15) is 0 Å². The topological polar surface area (TPSA) is 26.2 Å². The third-order valence-electron chi connectivity index (χ3n) is 3.80. The van der Waals surface area contributed by atoms with Crippen molar-refractivity contribution in [2.75, 3.05) is 13.7 Å². The maximum Gasteiger partial charge on any atom is 0.120 e. The summed E-state index contributed by atoms with van der Waals surface area (Å²) in [6.45, 7) is 3.30. The van der Waals surface area contributed by atoms with E-state index in [1.807, 2.05) is 0 Å². The second-order valence-electron chi connectivity index (χ2n) is 4.73. The Labute approximate surface area is 101 Å². The van der Waals surface area contributed by atoms with E-state index in [4.69, 9.17) is 4.74 Å². The summed E-state index contributed by atoms with van der Waals surface area (Å²) in [5.74, 6) is 0.927. The number of fused-ring (bicyclic) bond motifs is 3. The predicted molar refractivity (Wildman–Crippen MR) is 69.6 cm³/mol. The molecular formula is C14H18N2O. The van der Waals surface area contributed by atoms with Crippen LogP contribution in [0.5, 0.6) is 5.75 Å². The molecule has 90 valence electrons. The molecule has 0 aliphatic carbocycles. The Morgan fingerprint density at radius 1 is 1.41 bits per heavy atom. The van der Waals surface area contributed by atoms with Crippen molar-refractivity contribution in [1.82, 2.24) is 9.88 Å². The number of aryl methyl sites for hydroxylation is 1. The van der Waals surface area contributed by atoms with Gasteiger partial charge in [0.05, 0.1) is 12.6 Å². The van der Waals surface area contributed by atoms with E-state index in [0.717, 1.165) is 18.7 Å². The lowest BCUT2D eigenvalue weighted by Crippen LogP contribution is -2.28. The third kappa shape index (κ3) is 1.46. The van der Waals surface area contributed by atoms with Gasteiger partial charge < -0.3 is 14.6 Å². The summed E-state index contributed by atoms with van der Waals surface area (Å²) in [7, 11) is 3.86. The van der Waals surface area contributed by atoms with E-state index in [1.165, 1.54) is 22.2 Å². The fourth-order valence-electron chi connectivity index (χ4n) is 2.97. The van der Waals surface area contributed by atoms with E-state index in [0.29, 0.717) is 6.04 Å². The molecule has 1 aromatic carbocycles. The molecule has 1 aliphatic heterocycles. The van der Waals surface area contributed by atoms with Crippen LogP contribution >= 0.6 is 0 Å². The monoisotopic (exact) mass is 230 g/mol. The molecule has 0 saturated heterocycles. The number of aromatic nitrogens is 1. The number of methoxy groups -OCH3 is 1. The van der Waals surface area contributed by atoms with Gasteiger partial charge in [0.15, 0.2) is 0 Å². The highest BCUT2D eigenvalue weighted by molar-refractivity contribution is 5.87. The first-order chi connectivity index (χ1) is 8.22. The molecule has 2 aromatic rings. The SMILES string of the molecule is COc1ccc2c3c(n(C)c2c1)C(C)NCC3. The van der Waals surface area contributed by atoms with Gasteiger partial charge in [-0.25, -0.2) is 0 Å². The molecule has 2 heterocycles. The average molecular weight is 230 g/mol. The summed E-state index contributed by atoms with van der Waals surface area (Å²) in [5, 5.41) is 4.89. The molecule has 0 bridgehead atoms. The zero-order valence-electron chi connectivity index (χ0n) is 10.6. The number of benzene rings is 1. The minimum atomic E-state index is 0.433. The molecule has 1 unspecified atom stereocenters. The summed E-state index contributed by atoms with van der Waals surface area (Å²) in [6.07, 6.45) is 1.11. The minimum absolute atomic E-state index is 0.433. The Morgan fingerprint density at radius 3 is 3.00 bits per heavy atom. The van der Waals surface area contributed by atoms with Gasteiger partial charge in [0.25, 0.3) is 0 Å². The summed E-state index contributed by atoms with van der Waals surface area (Å²) in [5.41, 5.74) is 4.18. The first kappa shape index (κ1) is 10.7. The molecule has 1 aromatic heterocycles. The maximum absolute atomic E-state index is 5.31. The van der Waals surface area contributed by atoms with Crippen molar-refractivity contribution in [3.8, 4) is 5.75 Å². The van der Waals surface area contributed by atoms with Gasteiger partial charge >= 0.3 is 0 Å². The molecule has 1 N–H and O–H groups in total. The van der Waals surface area contributed by atoms with Crippen molar-refractivity contribution in [3.05, 3.63) is 29.5 Å². The van der Waals surface area contributed by atoms with Crippen molar-refractivity contribution >= 4 is 10.9 Å². The van der Waals surface area contributed by atoms with Gasteiger partial charge in [-0.3, -0.25) is 0 Å². The van der Waals surface area contributed by atoms with Gasteiger partial charge in [0.1, 0.15) is 5.75 Å². The van der Waals surface area contributed by atoms with Crippen LogP contribution in [0.1, 0.15) is 24.2 Å². The number of nitrogens with zero attached hydrogens (tertiary/aromatic N) is 1. The molecule has 0 fully saturated rings. The molecule has 0 saturated carbocycles. The van der Waals surface area contributed by atoms with Crippen LogP contribution in [-0.2, 0) is 13.5 Å². The molecule has 0 radical (unpaired) electrons. The molecular weight excluding hydrogens is 212 g/mol. The Morgan fingerprint density at radius 2 is 2.24 bits per heavy atom. The molecule has 3 heteroatoms.